The molecule has 1 aliphatic heterocycles. The Bertz CT molecular complexity index is 330. The summed E-state index contributed by atoms with van der Waals surface area (Å²) < 4.78 is 31.6. The Morgan fingerprint density at radius 3 is 2.70 bits per heavy atom. The molecule has 0 unspecified atom stereocenters. The highest BCUT2D eigenvalue weighted by molar-refractivity contribution is 5.70. The molecule has 0 aromatic rings. The lowest BCUT2D eigenvalue weighted by molar-refractivity contribution is -0.155. The molecule has 0 aliphatic carbocycles. The van der Waals surface area contributed by atoms with Crippen molar-refractivity contribution >= 4 is 5.97 Å². The molecule has 0 bridgehead atoms. The molecule has 1 fully saturated rings. The largest absolute Gasteiger partial charge is 0.460 e. The predicted octanol–water partition coefficient (Wildman–Crippen LogP) is 1.98. The van der Waals surface area contributed by atoms with Gasteiger partial charge < -0.3 is 10.5 Å². The number of likely N-dealkylation sites (tertiary alicyclic amines) is 1. The molecule has 0 saturated carbocycles. The van der Waals surface area contributed by atoms with Crippen LogP contribution in [0.25, 0.3) is 0 Å². The SMILES string of the molecule is CC(C)(C)OC(=O)C[C@@H](N)CCN1C[CH+]CC(F)(F)C1. The first kappa shape index (κ1) is 17.2. The number of esters is 1. The summed E-state index contributed by atoms with van der Waals surface area (Å²) in [4.78, 5) is 13.2. The van der Waals surface area contributed by atoms with Crippen molar-refractivity contribution in [1.82, 2.24) is 4.90 Å². The summed E-state index contributed by atoms with van der Waals surface area (Å²) in [6.07, 6.45) is 2.05. The van der Waals surface area contributed by atoms with Crippen LogP contribution in [0.15, 0.2) is 0 Å². The second-order valence-corrected chi connectivity index (χ2v) is 6.42. The van der Waals surface area contributed by atoms with Crippen LogP contribution in [0.1, 0.15) is 40.0 Å². The maximum atomic E-state index is 13.2. The summed E-state index contributed by atoms with van der Waals surface area (Å²) in [6.45, 7) is 6.17. The van der Waals surface area contributed by atoms with E-state index < -0.39 is 11.5 Å². The topological polar surface area (TPSA) is 55.6 Å². The molecule has 1 rings (SSSR count). The van der Waals surface area contributed by atoms with Gasteiger partial charge in [0.05, 0.1) is 19.4 Å². The van der Waals surface area contributed by atoms with Crippen LogP contribution < -0.4 is 5.73 Å². The van der Waals surface area contributed by atoms with Crippen molar-refractivity contribution in [1.29, 1.82) is 0 Å². The minimum absolute atomic E-state index is 0.116. The molecule has 0 aromatic carbocycles. The molecule has 0 amide bonds. The van der Waals surface area contributed by atoms with Crippen molar-refractivity contribution in [2.24, 2.45) is 5.73 Å². The summed E-state index contributed by atoms with van der Waals surface area (Å²) in [5, 5.41) is 0. The Balaban J connectivity index is 2.26. The quantitative estimate of drug-likeness (QED) is 0.621. The summed E-state index contributed by atoms with van der Waals surface area (Å²) in [7, 11) is 0. The van der Waals surface area contributed by atoms with Gasteiger partial charge in [-0.25, -0.2) is 8.78 Å². The molecular weight excluding hydrogens is 266 g/mol. The van der Waals surface area contributed by atoms with Crippen LogP contribution in [0.4, 0.5) is 8.78 Å². The van der Waals surface area contributed by atoms with Crippen LogP contribution in [0.5, 0.6) is 0 Å². The molecule has 1 heterocycles. The second-order valence-electron chi connectivity index (χ2n) is 6.42. The lowest BCUT2D eigenvalue weighted by Gasteiger charge is -2.28. The number of halogens is 2. The van der Waals surface area contributed by atoms with Crippen molar-refractivity contribution in [3.05, 3.63) is 6.42 Å². The summed E-state index contributed by atoms with van der Waals surface area (Å²) >= 11 is 0. The summed E-state index contributed by atoms with van der Waals surface area (Å²) in [5.74, 6) is -2.99. The number of carbonyl (C=O) groups excluding carboxylic acids is 1. The molecule has 20 heavy (non-hydrogen) atoms. The van der Waals surface area contributed by atoms with E-state index >= 15 is 0 Å². The first-order valence-electron chi connectivity index (χ1n) is 6.97. The van der Waals surface area contributed by atoms with Gasteiger partial charge in [0.2, 0.25) is 0 Å². The number of piperidine rings is 1. The molecule has 1 saturated heterocycles. The standard InChI is InChI=1S/C14H25F2N2O2/c1-13(2,3)20-12(19)9-11(17)5-8-18-7-4-6-14(15,16)10-18/h4,11H,5-10,17H2,1-3H3/q+1/t11-/m0/s1. The van der Waals surface area contributed by atoms with Crippen molar-refractivity contribution < 1.29 is 18.3 Å². The van der Waals surface area contributed by atoms with E-state index in [4.69, 9.17) is 10.5 Å². The van der Waals surface area contributed by atoms with E-state index in [9.17, 15) is 13.6 Å². The fraction of sp³-hybridized carbons (Fsp3) is 0.857. The predicted molar refractivity (Wildman–Crippen MR) is 73.4 cm³/mol. The lowest BCUT2D eigenvalue weighted by Crippen LogP contribution is -2.44. The van der Waals surface area contributed by atoms with Gasteiger partial charge in [0.15, 0.2) is 6.42 Å². The number of carbonyl (C=O) groups is 1. The Kier molecular flexibility index (Phi) is 5.77. The van der Waals surface area contributed by atoms with Crippen molar-refractivity contribution in [3.63, 3.8) is 0 Å². The number of hydrogen-bond donors (Lipinski definition) is 1. The zero-order valence-corrected chi connectivity index (χ0v) is 12.5. The maximum Gasteiger partial charge on any atom is 0.307 e. The van der Waals surface area contributed by atoms with Crippen molar-refractivity contribution in [2.75, 3.05) is 19.6 Å². The maximum absolute atomic E-state index is 13.2. The molecule has 0 spiro atoms. The Morgan fingerprint density at radius 1 is 1.50 bits per heavy atom. The van der Waals surface area contributed by atoms with Crippen LogP contribution in [-0.4, -0.2) is 48.1 Å². The van der Waals surface area contributed by atoms with Gasteiger partial charge in [-0.05, 0) is 27.2 Å². The normalized spacial score (nSPS) is 21.1. The van der Waals surface area contributed by atoms with Gasteiger partial charge in [-0.3, -0.25) is 9.69 Å². The molecule has 1 atom stereocenters. The van der Waals surface area contributed by atoms with Gasteiger partial charge in [0.1, 0.15) is 12.1 Å². The smallest absolute Gasteiger partial charge is 0.307 e. The minimum atomic E-state index is -2.65. The summed E-state index contributed by atoms with van der Waals surface area (Å²) in [5.41, 5.74) is 5.33. The Morgan fingerprint density at radius 2 is 2.15 bits per heavy atom. The monoisotopic (exact) mass is 291 g/mol. The minimum Gasteiger partial charge on any atom is -0.460 e. The third kappa shape index (κ3) is 7.05. The highest BCUT2D eigenvalue weighted by Gasteiger charge is 2.40. The lowest BCUT2D eigenvalue weighted by atomic mass is 10.1. The first-order valence-corrected chi connectivity index (χ1v) is 6.97. The highest BCUT2D eigenvalue weighted by atomic mass is 19.3. The average molecular weight is 291 g/mol. The van der Waals surface area contributed by atoms with E-state index in [1.165, 1.54) is 0 Å². The van der Waals surface area contributed by atoms with E-state index in [2.05, 4.69) is 0 Å². The Hall–Kier alpha value is -0.880. The highest BCUT2D eigenvalue weighted by Crippen LogP contribution is 2.26. The molecule has 116 valence electrons. The van der Waals surface area contributed by atoms with Crippen LogP contribution in [0, 0.1) is 6.42 Å². The van der Waals surface area contributed by atoms with E-state index in [0.717, 1.165) is 0 Å². The molecular formula is C14H25F2N2O2+. The van der Waals surface area contributed by atoms with E-state index in [0.29, 0.717) is 19.5 Å². The third-order valence-corrected chi connectivity index (χ3v) is 2.95. The zero-order valence-electron chi connectivity index (χ0n) is 12.5. The van der Waals surface area contributed by atoms with Crippen LogP contribution in [-0.2, 0) is 9.53 Å². The van der Waals surface area contributed by atoms with Gasteiger partial charge in [-0.15, -0.1) is 0 Å². The zero-order chi connectivity index (χ0) is 15.4. The first-order chi connectivity index (χ1) is 9.07. The van der Waals surface area contributed by atoms with Gasteiger partial charge in [-0.2, -0.15) is 0 Å². The van der Waals surface area contributed by atoms with Gasteiger partial charge in [-0.1, -0.05) is 0 Å². The third-order valence-electron chi connectivity index (χ3n) is 2.95. The van der Waals surface area contributed by atoms with Crippen LogP contribution in [0.2, 0.25) is 0 Å². The van der Waals surface area contributed by atoms with Crippen molar-refractivity contribution in [2.45, 2.75) is 57.6 Å². The average Bonchev–Trinajstić information content (AvgIpc) is 2.22. The Labute approximate surface area is 119 Å². The van der Waals surface area contributed by atoms with E-state index in [-0.39, 0.29) is 31.4 Å². The second kappa shape index (κ2) is 6.72. The molecule has 6 heteroatoms. The number of ether oxygens (including phenoxy) is 1. The molecule has 4 nitrogen and oxygen atoms in total. The van der Waals surface area contributed by atoms with Gasteiger partial charge in [0, 0.05) is 12.6 Å². The molecule has 0 aromatic heterocycles. The van der Waals surface area contributed by atoms with E-state index in [1.54, 1.807) is 32.1 Å². The summed E-state index contributed by atoms with van der Waals surface area (Å²) in [6, 6.07) is -0.361. The van der Waals surface area contributed by atoms with Crippen molar-refractivity contribution in [3.8, 4) is 0 Å². The number of nitrogens with two attached hydrogens (primary N) is 1. The van der Waals surface area contributed by atoms with Gasteiger partial charge in [0.25, 0.3) is 5.92 Å². The van der Waals surface area contributed by atoms with Crippen LogP contribution in [0.3, 0.4) is 0 Å². The molecule has 1 aliphatic rings. The van der Waals surface area contributed by atoms with E-state index in [1.807, 2.05) is 0 Å². The number of nitrogens with zero attached hydrogens (tertiary/aromatic N) is 1. The molecule has 2 N–H and O–H groups in total. The fourth-order valence-electron chi connectivity index (χ4n) is 2.13. The molecule has 0 radical (unpaired) electrons. The number of rotatable bonds is 5. The van der Waals surface area contributed by atoms with Gasteiger partial charge >= 0.3 is 5.97 Å². The number of hydrogen-bond acceptors (Lipinski definition) is 4. The fourth-order valence-corrected chi connectivity index (χ4v) is 2.13. The van der Waals surface area contributed by atoms with Crippen LogP contribution >= 0.6 is 0 Å². The number of alkyl halides is 2.